The number of nitrogens with zero attached hydrogens (tertiary/aromatic N) is 1. The second-order valence-corrected chi connectivity index (χ2v) is 8.86. The van der Waals surface area contributed by atoms with Gasteiger partial charge in [-0.05, 0) is 56.5 Å². The first-order valence-electron chi connectivity index (χ1n) is 9.63. The van der Waals surface area contributed by atoms with Crippen LogP contribution in [0.15, 0.2) is 40.8 Å². The number of aromatic nitrogens is 1. The summed E-state index contributed by atoms with van der Waals surface area (Å²) in [7, 11) is 0. The van der Waals surface area contributed by atoms with Crippen molar-refractivity contribution in [2.45, 2.75) is 32.1 Å². The molecule has 1 aliphatic heterocycles. The maximum absolute atomic E-state index is 13.0. The lowest BCUT2D eigenvalue weighted by atomic mass is 9.74. The predicted octanol–water partition coefficient (Wildman–Crippen LogP) is 5.15. The van der Waals surface area contributed by atoms with Gasteiger partial charge in [0.05, 0.1) is 5.69 Å². The van der Waals surface area contributed by atoms with Gasteiger partial charge in [0.15, 0.2) is 10.8 Å². The number of furan rings is 1. The number of halogens is 1. The summed E-state index contributed by atoms with van der Waals surface area (Å²) in [6, 6.07) is 11.7. The fourth-order valence-corrected chi connectivity index (χ4v) is 4.80. The monoisotopic (exact) mass is 430 g/mol. The van der Waals surface area contributed by atoms with E-state index in [1.807, 2.05) is 38.1 Å². The molecule has 152 valence electrons. The summed E-state index contributed by atoms with van der Waals surface area (Å²) in [4.78, 5) is 18.1. The number of benzene rings is 1. The minimum atomic E-state index is -0.155. The summed E-state index contributed by atoms with van der Waals surface area (Å²) in [6.07, 6.45) is 1.71. The van der Waals surface area contributed by atoms with Crippen LogP contribution in [0.1, 0.15) is 39.5 Å². The molecule has 1 saturated heterocycles. The molecule has 0 saturated carbocycles. The Morgan fingerprint density at radius 3 is 2.55 bits per heavy atom. The van der Waals surface area contributed by atoms with Crippen LogP contribution in [0.25, 0.3) is 10.8 Å². The van der Waals surface area contributed by atoms with Crippen molar-refractivity contribution in [1.82, 2.24) is 10.3 Å². The maximum atomic E-state index is 13.0. The van der Waals surface area contributed by atoms with E-state index >= 15 is 0 Å². The highest BCUT2D eigenvalue weighted by Gasteiger charge is 2.35. The van der Waals surface area contributed by atoms with Crippen LogP contribution in [0.5, 0.6) is 0 Å². The average Bonchev–Trinajstić information content (AvgIpc) is 3.33. The van der Waals surface area contributed by atoms with Gasteiger partial charge in [0.25, 0.3) is 5.91 Å². The Morgan fingerprint density at radius 1 is 1.17 bits per heavy atom. The zero-order valence-corrected chi connectivity index (χ0v) is 18.0. The number of amides is 1. The molecular weight excluding hydrogens is 408 g/mol. The quantitative estimate of drug-likeness (QED) is 0.607. The zero-order valence-electron chi connectivity index (χ0n) is 16.5. The summed E-state index contributed by atoms with van der Waals surface area (Å²) in [5.74, 6) is 1.41. The van der Waals surface area contributed by atoms with Crippen LogP contribution in [0.3, 0.4) is 0 Å². The highest BCUT2D eigenvalue weighted by molar-refractivity contribution is 7.17. The smallest absolute Gasteiger partial charge is 0.263 e. The lowest BCUT2D eigenvalue weighted by Crippen LogP contribution is -2.44. The van der Waals surface area contributed by atoms with Gasteiger partial charge in [0.2, 0.25) is 0 Å². The molecule has 29 heavy (non-hydrogen) atoms. The van der Waals surface area contributed by atoms with Crippen molar-refractivity contribution >= 4 is 28.8 Å². The number of hydrogen-bond acceptors (Lipinski definition) is 5. The molecule has 5 nitrogen and oxygen atoms in total. The van der Waals surface area contributed by atoms with Crippen molar-refractivity contribution in [2.24, 2.45) is 0 Å². The molecule has 1 amide bonds. The third-order valence-electron chi connectivity index (χ3n) is 5.45. The lowest BCUT2D eigenvalue weighted by Gasteiger charge is -2.38. The Hall–Kier alpha value is -2.15. The van der Waals surface area contributed by atoms with Crippen LogP contribution in [0.2, 0.25) is 5.02 Å². The van der Waals surface area contributed by atoms with E-state index in [2.05, 4.69) is 22.4 Å². The molecule has 2 aromatic heterocycles. The van der Waals surface area contributed by atoms with Gasteiger partial charge in [-0.3, -0.25) is 4.79 Å². The topological polar surface area (TPSA) is 64.4 Å². The summed E-state index contributed by atoms with van der Waals surface area (Å²) in [6.45, 7) is 5.65. The van der Waals surface area contributed by atoms with E-state index < -0.39 is 0 Å². The fourth-order valence-electron chi connectivity index (χ4n) is 3.72. The Labute approximate surface area is 179 Å². The molecule has 0 atom stereocenters. The molecule has 3 aromatic rings. The molecule has 3 heterocycles. The number of thiazole rings is 1. The Kier molecular flexibility index (Phi) is 5.76. The van der Waals surface area contributed by atoms with Crippen LogP contribution in [-0.2, 0) is 10.2 Å². The Morgan fingerprint density at radius 2 is 1.90 bits per heavy atom. The third kappa shape index (κ3) is 4.25. The normalized spacial score (nSPS) is 16.0. The second kappa shape index (κ2) is 8.30. The first-order chi connectivity index (χ1) is 14.0. The summed E-state index contributed by atoms with van der Waals surface area (Å²) in [5.41, 5.74) is 1.74. The molecule has 0 bridgehead atoms. The van der Waals surface area contributed by atoms with Gasteiger partial charge in [-0.25, -0.2) is 4.98 Å². The van der Waals surface area contributed by atoms with Gasteiger partial charge in [-0.15, -0.1) is 11.3 Å². The summed E-state index contributed by atoms with van der Waals surface area (Å²) >= 11 is 7.43. The summed E-state index contributed by atoms with van der Waals surface area (Å²) in [5, 5.41) is 4.58. The van der Waals surface area contributed by atoms with Crippen molar-refractivity contribution in [2.75, 3.05) is 19.8 Å². The van der Waals surface area contributed by atoms with E-state index in [9.17, 15) is 4.79 Å². The number of hydrogen-bond donors (Lipinski definition) is 1. The van der Waals surface area contributed by atoms with E-state index in [1.54, 1.807) is 0 Å². The van der Waals surface area contributed by atoms with Crippen LogP contribution >= 0.6 is 22.9 Å². The van der Waals surface area contributed by atoms with Gasteiger partial charge in [-0.1, -0.05) is 23.7 Å². The molecule has 1 fully saturated rings. The number of ether oxygens (including phenoxy) is 1. The van der Waals surface area contributed by atoms with Crippen molar-refractivity contribution in [3.63, 3.8) is 0 Å². The van der Waals surface area contributed by atoms with Crippen molar-refractivity contribution in [1.29, 1.82) is 0 Å². The van der Waals surface area contributed by atoms with Gasteiger partial charge in [0.1, 0.15) is 10.6 Å². The van der Waals surface area contributed by atoms with E-state index in [0.29, 0.717) is 41.1 Å². The predicted molar refractivity (Wildman–Crippen MR) is 115 cm³/mol. The van der Waals surface area contributed by atoms with Crippen molar-refractivity contribution in [3.05, 3.63) is 63.3 Å². The van der Waals surface area contributed by atoms with E-state index in [-0.39, 0.29) is 11.3 Å². The molecule has 0 radical (unpaired) electrons. The molecule has 7 heteroatoms. The Bertz CT molecular complexity index is 1000. The summed E-state index contributed by atoms with van der Waals surface area (Å²) < 4.78 is 11.2. The standard InChI is InChI=1S/C22H23ClN2O3S/c1-14-3-8-18(28-14)21-25-15(2)19(29-21)20(26)24-13-22(9-11-27-12-10-22)16-4-6-17(23)7-5-16/h3-8H,9-13H2,1-2H3,(H,24,26). The number of nitrogens with one attached hydrogen (secondary N) is 1. The highest BCUT2D eigenvalue weighted by atomic mass is 35.5. The van der Waals surface area contributed by atoms with E-state index in [1.165, 1.54) is 16.9 Å². The largest absolute Gasteiger partial charge is 0.459 e. The van der Waals surface area contributed by atoms with Crippen LogP contribution in [0, 0.1) is 13.8 Å². The van der Waals surface area contributed by atoms with Crippen LogP contribution in [-0.4, -0.2) is 30.6 Å². The van der Waals surface area contributed by atoms with Gasteiger partial charge >= 0.3 is 0 Å². The van der Waals surface area contributed by atoms with Gasteiger partial charge in [0, 0.05) is 30.2 Å². The minimum absolute atomic E-state index is 0.102. The van der Waals surface area contributed by atoms with E-state index in [4.69, 9.17) is 20.8 Å². The molecule has 0 spiro atoms. The minimum Gasteiger partial charge on any atom is -0.459 e. The number of rotatable bonds is 5. The molecule has 0 aliphatic carbocycles. The number of carbonyl (C=O) groups is 1. The van der Waals surface area contributed by atoms with Crippen LogP contribution in [0.4, 0.5) is 0 Å². The lowest BCUT2D eigenvalue weighted by molar-refractivity contribution is 0.0487. The SMILES string of the molecule is Cc1ccc(-c2nc(C)c(C(=O)NCC3(c4ccc(Cl)cc4)CCOCC3)s2)o1. The van der Waals surface area contributed by atoms with Crippen molar-refractivity contribution < 1.29 is 13.9 Å². The Balaban J connectivity index is 1.53. The first kappa shape index (κ1) is 20.1. The molecule has 1 N–H and O–H groups in total. The molecule has 4 rings (SSSR count). The van der Waals surface area contributed by atoms with Gasteiger partial charge in [-0.2, -0.15) is 0 Å². The molecule has 0 unspecified atom stereocenters. The first-order valence-corrected chi connectivity index (χ1v) is 10.8. The van der Waals surface area contributed by atoms with Crippen molar-refractivity contribution in [3.8, 4) is 10.8 Å². The fraction of sp³-hybridized carbons (Fsp3) is 0.364. The average molecular weight is 431 g/mol. The number of carbonyl (C=O) groups excluding carboxylic acids is 1. The molecule has 1 aliphatic rings. The van der Waals surface area contributed by atoms with Gasteiger partial charge < -0.3 is 14.5 Å². The number of aryl methyl sites for hydroxylation is 2. The third-order valence-corrected chi connectivity index (χ3v) is 6.87. The maximum Gasteiger partial charge on any atom is 0.263 e. The zero-order chi connectivity index (χ0) is 20.4. The molecule has 1 aromatic carbocycles. The van der Waals surface area contributed by atoms with E-state index in [0.717, 1.165) is 23.6 Å². The van der Waals surface area contributed by atoms with Crippen LogP contribution < -0.4 is 5.32 Å². The molecular formula is C22H23ClN2O3S. The highest BCUT2D eigenvalue weighted by Crippen LogP contribution is 2.35. The second-order valence-electron chi connectivity index (χ2n) is 7.43.